The summed E-state index contributed by atoms with van der Waals surface area (Å²) in [6.07, 6.45) is 2.33. The Hall–Kier alpha value is -1.64. The molecule has 0 heterocycles. The van der Waals surface area contributed by atoms with Crippen molar-refractivity contribution in [3.8, 4) is 0 Å². The predicted octanol–water partition coefficient (Wildman–Crippen LogP) is 2.40. The lowest BCUT2D eigenvalue weighted by Gasteiger charge is -2.45. The fourth-order valence-corrected chi connectivity index (χ4v) is 2.73. The highest BCUT2D eigenvalue weighted by Crippen LogP contribution is 2.49. The van der Waals surface area contributed by atoms with Gasteiger partial charge in [-0.2, -0.15) is 0 Å². The van der Waals surface area contributed by atoms with E-state index in [0.717, 1.165) is 12.0 Å². The molecule has 3 heteroatoms. The third kappa shape index (κ3) is 1.86. The minimum Gasteiger partial charge on any atom is -0.475 e. The molecule has 0 aromatic heterocycles. The molecular formula is C14H16O3. The van der Waals surface area contributed by atoms with Gasteiger partial charge in [-0.1, -0.05) is 43.7 Å². The summed E-state index contributed by atoms with van der Waals surface area (Å²) in [4.78, 5) is 22.9. The van der Waals surface area contributed by atoms with Gasteiger partial charge in [0, 0.05) is 0 Å². The van der Waals surface area contributed by atoms with Crippen LogP contribution in [0.15, 0.2) is 30.3 Å². The van der Waals surface area contributed by atoms with E-state index in [1.54, 1.807) is 0 Å². The highest BCUT2D eigenvalue weighted by atomic mass is 16.4. The summed E-state index contributed by atoms with van der Waals surface area (Å²) in [5.74, 6) is -1.50. The van der Waals surface area contributed by atoms with Gasteiger partial charge >= 0.3 is 5.97 Å². The second-order valence-corrected chi connectivity index (χ2v) is 4.76. The smallest absolute Gasteiger partial charge is 0.373 e. The molecule has 0 spiro atoms. The van der Waals surface area contributed by atoms with E-state index in [2.05, 4.69) is 6.92 Å². The molecule has 1 fully saturated rings. The van der Waals surface area contributed by atoms with E-state index in [9.17, 15) is 9.59 Å². The Balaban J connectivity index is 2.34. The number of carboxylic acid groups (broad SMARTS) is 1. The first kappa shape index (κ1) is 11.8. The van der Waals surface area contributed by atoms with E-state index in [1.165, 1.54) is 0 Å². The fourth-order valence-electron chi connectivity index (χ4n) is 2.73. The average molecular weight is 232 g/mol. The summed E-state index contributed by atoms with van der Waals surface area (Å²) in [6.45, 7) is 2.07. The van der Waals surface area contributed by atoms with Crippen LogP contribution in [-0.2, 0) is 15.0 Å². The Morgan fingerprint density at radius 3 is 2.35 bits per heavy atom. The van der Waals surface area contributed by atoms with Gasteiger partial charge in [-0.05, 0) is 24.3 Å². The Kier molecular flexibility index (Phi) is 3.01. The highest BCUT2D eigenvalue weighted by molar-refractivity contribution is 6.36. The molecule has 0 radical (unpaired) electrons. The number of ketones is 1. The second kappa shape index (κ2) is 4.32. The third-order valence-electron chi connectivity index (χ3n) is 3.81. The fraction of sp³-hybridized carbons (Fsp3) is 0.429. The average Bonchev–Trinajstić information content (AvgIpc) is 2.29. The van der Waals surface area contributed by atoms with E-state index in [0.29, 0.717) is 18.8 Å². The first-order valence-electron chi connectivity index (χ1n) is 5.93. The van der Waals surface area contributed by atoms with Crippen LogP contribution >= 0.6 is 0 Å². The minimum absolute atomic E-state index is 0.471. The summed E-state index contributed by atoms with van der Waals surface area (Å²) < 4.78 is 0. The van der Waals surface area contributed by atoms with E-state index in [4.69, 9.17) is 5.11 Å². The van der Waals surface area contributed by atoms with Crippen LogP contribution in [0.2, 0.25) is 0 Å². The van der Waals surface area contributed by atoms with Crippen molar-refractivity contribution < 1.29 is 14.7 Å². The molecule has 1 aromatic carbocycles. The predicted molar refractivity (Wildman–Crippen MR) is 63.8 cm³/mol. The topological polar surface area (TPSA) is 54.4 Å². The Morgan fingerprint density at radius 2 is 1.88 bits per heavy atom. The molecule has 0 saturated heterocycles. The Bertz CT molecular complexity index is 430. The molecular weight excluding hydrogens is 216 g/mol. The number of aliphatic carboxylic acids is 1. The van der Waals surface area contributed by atoms with Crippen LogP contribution in [0.3, 0.4) is 0 Å². The Morgan fingerprint density at radius 1 is 1.29 bits per heavy atom. The Labute approximate surface area is 100 Å². The summed E-state index contributed by atoms with van der Waals surface area (Å²) in [5.41, 5.74) is 0.0745. The summed E-state index contributed by atoms with van der Waals surface area (Å²) in [5, 5.41) is 8.95. The number of rotatable bonds is 4. The number of carbonyl (C=O) groups excluding carboxylic acids is 1. The van der Waals surface area contributed by atoms with Crippen molar-refractivity contribution in [1.82, 2.24) is 0 Å². The molecule has 0 bridgehead atoms. The number of carbonyl (C=O) groups is 2. The molecule has 2 rings (SSSR count). The normalized spacial score (nSPS) is 27.2. The lowest BCUT2D eigenvalue weighted by molar-refractivity contribution is -0.154. The summed E-state index contributed by atoms with van der Waals surface area (Å²) >= 11 is 0. The third-order valence-corrected chi connectivity index (χ3v) is 3.81. The van der Waals surface area contributed by atoms with Crippen molar-refractivity contribution in [3.63, 3.8) is 0 Å². The highest BCUT2D eigenvalue weighted by Gasteiger charge is 2.52. The van der Waals surface area contributed by atoms with Gasteiger partial charge < -0.3 is 5.11 Å². The van der Waals surface area contributed by atoms with Crippen molar-refractivity contribution >= 4 is 11.8 Å². The number of hydrogen-bond donors (Lipinski definition) is 1. The SMILES string of the molecule is CCC1CC(C(=O)C(=O)O)(c2ccccc2)C1. The summed E-state index contributed by atoms with van der Waals surface area (Å²) in [6, 6.07) is 9.29. The van der Waals surface area contributed by atoms with E-state index in [1.807, 2.05) is 30.3 Å². The number of hydrogen-bond acceptors (Lipinski definition) is 2. The van der Waals surface area contributed by atoms with Gasteiger partial charge in [0.25, 0.3) is 0 Å². The van der Waals surface area contributed by atoms with Crippen molar-refractivity contribution in [2.75, 3.05) is 0 Å². The zero-order valence-electron chi connectivity index (χ0n) is 9.85. The maximum absolute atomic E-state index is 11.9. The first-order valence-corrected chi connectivity index (χ1v) is 5.93. The largest absolute Gasteiger partial charge is 0.475 e. The van der Waals surface area contributed by atoms with Crippen LogP contribution in [0.5, 0.6) is 0 Å². The lowest BCUT2D eigenvalue weighted by atomic mass is 9.56. The zero-order chi connectivity index (χ0) is 12.5. The molecule has 0 unspecified atom stereocenters. The van der Waals surface area contributed by atoms with Crippen LogP contribution < -0.4 is 0 Å². The minimum atomic E-state index is -1.32. The van der Waals surface area contributed by atoms with Gasteiger partial charge in [-0.25, -0.2) is 4.79 Å². The molecule has 1 aromatic rings. The van der Waals surface area contributed by atoms with Crippen LogP contribution in [0.4, 0.5) is 0 Å². The number of carboxylic acids is 1. The molecule has 90 valence electrons. The van der Waals surface area contributed by atoms with Crippen LogP contribution in [0.1, 0.15) is 31.7 Å². The van der Waals surface area contributed by atoms with Crippen molar-refractivity contribution in [2.45, 2.75) is 31.6 Å². The van der Waals surface area contributed by atoms with Crippen molar-refractivity contribution in [3.05, 3.63) is 35.9 Å². The van der Waals surface area contributed by atoms with Crippen LogP contribution in [0.25, 0.3) is 0 Å². The van der Waals surface area contributed by atoms with E-state index >= 15 is 0 Å². The maximum atomic E-state index is 11.9. The molecule has 17 heavy (non-hydrogen) atoms. The molecule has 3 nitrogen and oxygen atoms in total. The lowest BCUT2D eigenvalue weighted by Crippen LogP contribution is -2.50. The number of Topliss-reactive ketones (excluding diaryl/α,β-unsaturated/α-hetero) is 1. The molecule has 0 amide bonds. The second-order valence-electron chi connectivity index (χ2n) is 4.76. The van der Waals surface area contributed by atoms with Crippen LogP contribution in [0, 0.1) is 5.92 Å². The van der Waals surface area contributed by atoms with Gasteiger partial charge in [0.15, 0.2) is 0 Å². The van der Waals surface area contributed by atoms with Gasteiger partial charge in [-0.3, -0.25) is 4.79 Å². The molecule has 1 aliphatic carbocycles. The molecule has 1 N–H and O–H groups in total. The quantitative estimate of drug-likeness (QED) is 0.811. The molecule has 1 aliphatic rings. The zero-order valence-corrected chi connectivity index (χ0v) is 9.85. The van der Waals surface area contributed by atoms with Crippen molar-refractivity contribution in [1.29, 1.82) is 0 Å². The number of benzene rings is 1. The molecule has 0 atom stereocenters. The van der Waals surface area contributed by atoms with Crippen LogP contribution in [-0.4, -0.2) is 16.9 Å². The van der Waals surface area contributed by atoms with Gasteiger partial charge in [-0.15, -0.1) is 0 Å². The maximum Gasteiger partial charge on any atom is 0.373 e. The molecule has 0 aliphatic heterocycles. The molecule has 1 saturated carbocycles. The van der Waals surface area contributed by atoms with Gasteiger partial charge in [0.05, 0.1) is 5.41 Å². The summed E-state index contributed by atoms with van der Waals surface area (Å²) in [7, 11) is 0. The van der Waals surface area contributed by atoms with Gasteiger partial charge in [0.2, 0.25) is 5.78 Å². The van der Waals surface area contributed by atoms with E-state index in [-0.39, 0.29) is 0 Å². The van der Waals surface area contributed by atoms with Crippen molar-refractivity contribution in [2.24, 2.45) is 5.92 Å². The monoisotopic (exact) mass is 232 g/mol. The van der Waals surface area contributed by atoms with Gasteiger partial charge in [0.1, 0.15) is 0 Å². The van der Waals surface area contributed by atoms with E-state index < -0.39 is 17.2 Å². The first-order chi connectivity index (χ1) is 8.10. The standard InChI is InChI=1S/C14H16O3/c1-2-10-8-14(9-10,12(15)13(16)17)11-6-4-3-5-7-11/h3-7,10H,2,8-9H2,1H3,(H,16,17).